The molecule has 0 aliphatic heterocycles. The van der Waals surface area contributed by atoms with E-state index in [2.05, 4.69) is 83.6 Å². The van der Waals surface area contributed by atoms with Crippen molar-refractivity contribution in [1.82, 2.24) is 0 Å². The van der Waals surface area contributed by atoms with Gasteiger partial charge >= 0.3 is 0 Å². The molecule has 1 N–H and O–H groups in total. The van der Waals surface area contributed by atoms with Crippen molar-refractivity contribution in [1.29, 1.82) is 0 Å². The van der Waals surface area contributed by atoms with Crippen molar-refractivity contribution in [2.24, 2.45) is 0 Å². The summed E-state index contributed by atoms with van der Waals surface area (Å²) >= 11 is 3.67. The average molecular weight is 371 g/mol. The number of aryl methyl sites for hydroxylation is 1. The Hall–Kier alpha value is -1.64. The number of benzene rings is 1. The number of aliphatic hydroxyl groups is 1. The molecule has 2 aliphatic carbocycles. The number of allylic oxidation sites excluding steroid dienone is 10. The summed E-state index contributed by atoms with van der Waals surface area (Å²) in [5.41, 5.74) is 6.81. The predicted octanol–water partition coefficient (Wildman–Crippen LogP) is 5.47. The molecule has 23 heavy (non-hydrogen) atoms. The van der Waals surface area contributed by atoms with Crippen molar-refractivity contribution in [3.05, 3.63) is 93.1 Å². The molecule has 0 amide bonds. The van der Waals surface area contributed by atoms with Gasteiger partial charge in [-0.05, 0) is 53.2 Å². The number of halogens is 1. The highest BCUT2D eigenvalue weighted by Gasteiger charge is 2.11. The molecular weight excluding hydrogens is 348 g/mol. The zero-order valence-electron chi connectivity index (χ0n) is 13.7. The fourth-order valence-electron chi connectivity index (χ4n) is 2.77. The van der Waals surface area contributed by atoms with Crippen molar-refractivity contribution in [2.75, 3.05) is 7.11 Å². The van der Waals surface area contributed by atoms with Crippen LogP contribution < -0.4 is 0 Å². The molecule has 0 saturated carbocycles. The number of hydrogen-bond donors (Lipinski definition) is 1. The maximum absolute atomic E-state index is 7.00. The normalized spacial score (nSPS) is 20.6. The molecule has 0 fully saturated rings. The van der Waals surface area contributed by atoms with E-state index in [0.29, 0.717) is 0 Å². The topological polar surface area (TPSA) is 20.2 Å². The van der Waals surface area contributed by atoms with Crippen LogP contribution in [0.3, 0.4) is 0 Å². The Kier molecular flexibility index (Phi) is 6.82. The summed E-state index contributed by atoms with van der Waals surface area (Å²) in [5, 5.41) is 7.00. The number of aliphatic hydroxyl groups excluding tert-OH is 1. The maximum atomic E-state index is 7.00. The molecule has 1 aromatic rings. The Morgan fingerprint density at radius 3 is 2.65 bits per heavy atom. The van der Waals surface area contributed by atoms with Gasteiger partial charge in [0, 0.05) is 11.6 Å². The maximum Gasteiger partial charge on any atom is 0.0319 e. The lowest BCUT2D eigenvalue weighted by molar-refractivity contribution is 0.399. The first-order valence-electron chi connectivity index (χ1n) is 7.94. The third-order valence-corrected chi connectivity index (χ3v) is 4.66. The van der Waals surface area contributed by atoms with E-state index in [1.54, 1.807) is 0 Å². The van der Waals surface area contributed by atoms with Crippen LogP contribution in [0, 0.1) is 0 Å². The Morgan fingerprint density at radius 1 is 1.09 bits per heavy atom. The van der Waals surface area contributed by atoms with E-state index >= 15 is 0 Å². The van der Waals surface area contributed by atoms with Crippen LogP contribution >= 0.6 is 15.9 Å². The lowest BCUT2D eigenvalue weighted by Crippen LogP contribution is -1.90. The van der Waals surface area contributed by atoms with Crippen LogP contribution in [0.2, 0.25) is 0 Å². The lowest BCUT2D eigenvalue weighted by Gasteiger charge is -2.05. The molecule has 0 atom stereocenters. The van der Waals surface area contributed by atoms with Gasteiger partial charge in [0.2, 0.25) is 0 Å². The highest BCUT2D eigenvalue weighted by molar-refractivity contribution is 9.10. The number of fused-ring (bicyclic) bond motifs is 1. The van der Waals surface area contributed by atoms with Crippen LogP contribution in [0.25, 0.3) is 0 Å². The van der Waals surface area contributed by atoms with Crippen LogP contribution in [0.4, 0.5) is 0 Å². The Morgan fingerprint density at radius 2 is 1.91 bits per heavy atom. The highest BCUT2D eigenvalue weighted by atomic mass is 79.9. The molecular formula is C21H23BrO. The third kappa shape index (κ3) is 4.66. The smallest absolute Gasteiger partial charge is 0.0319 e. The molecule has 3 rings (SSSR count). The molecule has 1 aromatic carbocycles. The van der Waals surface area contributed by atoms with Gasteiger partial charge < -0.3 is 5.11 Å². The molecule has 0 aromatic heterocycles. The first kappa shape index (κ1) is 17.7. The van der Waals surface area contributed by atoms with Gasteiger partial charge in [-0.3, -0.25) is 0 Å². The molecule has 2 aliphatic rings. The Balaban J connectivity index is 0.000000924. The van der Waals surface area contributed by atoms with Gasteiger partial charge in [0.05, 0.1) is 0 Å². The van der Waals surface area contributed by atoms with Crippen molar-refractivity contribution < 1.29 is 5.11 Å². The summed E-state index contributed by atoms with van der Waals surface area (Å²) in [6.07, 6.45) is 18.6. The van der Waals surface area contributed by atoms with Gasteiger partial charge in [-0.25, -0.2) is 0 Å². The standard InChI is InChI=1S/C20H19Br.CH4O/c1-2-17-10-9-15(14-20(17)21)11-16-12-18-7-5-3-4-6-8-19(18)13-16;1-2/h3-5,7-10,12-14H,2,6,11H2,1H3;2H,1H3/b4-3-,7-5-,19-8-;. The molecule has 0 bridgehead atoms. The van der Waals surface area contributed by atoms with Crippen LogP contribution in [0.1, 0.15) is 24.5 Å². The van der Waals surface area contributed by atoms with E-state index in [0.717, 1.165) is 26.4 Å². The van der Waals surface area contributed by atoms with Gasteiger partial charge in [-0.2, -0.15) is 0 Å². The number of rotatable bonds is 3. The highest BCUT2D eigenvalue weighted by Crippen LogP contribution is 2.29. The van der Waals surface area contributed by atoms with Crippen LogP contribution in [-0.2, 0) is 12.8 Å². The summed E-state index contributed by atoms with van der Waals surface area (Å²) in [5.74, 6) is 0. The predicted molar refractivity (Wildman–Crippen MR) is 103 cm³/mol. The molecule has 0 radical (unpaired) electrons. The van der Waals surface area contributed by atoms with Crippen molar-refractivity contribution >= 4 is 15.9 Å². The quantitative estimate of drug-likeness (QED) is 0.747. The first-order valence-corrected chi connectivity index (χ1v) is 8.73. The van der Waals surface area contributed by atoms with E-state index in [4.69, 9.17) is 5.11 Å². The lowest BCUT2D eigenvalue weighted by atomic mass is 10.0. The molecule has 0 heterocycles. The second-order valence-corrected chi connectivity index (χ2v) is 6.31. The fraction of sp³-hybridized carbons (Fsp3) is 0.238. The largest absolute Gasteiger partial charge is 0.400 e. The minimum Gasteiger partial charge on any atom is -0.400 e. The van der Waals surface area contributed by atoms with Crippen LogP contribution in [-0.4, -0.2) is 12.2 Å². The molecule has 1 nitrogen and oxygen atoms in total. The number of hydrogen-bond acceptors (Lipinski definition) is 1. The summed E-state index contributed by atoms with van der Waals surface area (Å²) < 4.78 is 1.23. The van der Waals surface area contributed by atoms with E-state index in [1.165, 1.54) is 32.3 Å². The van der Waals surface area contributed by atoms with Gasteiger partial charge in [0.15, 0.2) is 0 Å². The minimum absolute atomic E-state index is 0.991. The summed E-state index contributed by atoms with van der Waals surface area (Å²) in [4.78, 5) is 0. The summed E-state index contributed by atoms with van der Waals surface area (Å²) in [7, 11) is 1.00. The Labute approximate surface area is 147 Å². The van der Waals surface area contributed by atoms with Crippen LogP contribution in [0.5, 0.6) is 0 Å². The average Bonchev–Trinajstić information content (AvgIpc) is 2.90. The van der Waals surface area contributed by atoms with Crippen molar-refractivity contribution in [2.45, 2.75) is 26.2 Å². The molecule has 2 heteroatoms. The monoisotopic (exact) mass is 370 g/mol. The fourth-order valence-corrected chi connectivity index (χ4v) is 3.47. The third-order valence-electron chi connectivity index (χ3n) is 3.92. The van der Waals surface area contributed by atoms with Gasteiger partial charge in [0.1, 0.15) is 0 Å². The Bertz CT molecular complexity index is 703. The van der Waals surface area contributed by atoms with Gasteiger partial charge in [-0.1, -0.05) is 77.5 Å². The van der Waals surface area contributed by atoms with Crippen LogP contribution in [0.15, 0.2) is 81.9 Å². The SMILES string of the molecule is CCc1ccc(CC2=C/C3=C/C/C=C\C=C/C3=C2)cc1Br.CO. The molecule has 120 valence electrons. The second kappa shape index (κ2) is 8.85. The summed E-state index contributed by atoms with van der Waals surface area (Å²) in [6, 6.07) is 6.73. The molecule has 0 saturated heterocycles. The zero-order valence-corrected chi connectivity index (χ0v) is 15.3. The first-order chi connectivity index (χ1) is 11.3. The van der Waals surface area contributed by atoms with E-state index < -0.39 is 0 Å². The van der Waals surface area contributed by atoms with E-state index in [-0.39, 0.29) is 0 Å². The van der Waals surface area contributed by atoms with E-state index in [1.807, 2.05) is 0 Å². The van der Waals surface area contributed by atoms with Gasteiger partial charge in [-0.15, -0.1) is 0 Å². The minimum atomic E-state index is 0.991. The molecule has 0 unspecified atom stereocenters. The van der Waals surface area contributed by atoms with Crippen molar-refractivity contribution in [3.63, 3.8) is 0 Å². The second-order valence-electron chi connectivity index (χ2n) is 5.46. The summed E-state index contributed by atoms with van der Waals surface area (Å²) in [6.45, 7) is 2.19. The molecule has 0 spiro atoms. The van der Waals surface area contributed by atoms with E-state index in [9.17, 15) is 0 Å². The van der Waals surface area contributed by atoms with Crippen molar-refractivity contribution in [3.8, 4) is 0 Å². The van der Waals surface area contributed by atoms with Gasteiger partial charge in [0.25, 0.3) is 0 Å². The zero-order chi connectivity index (χ0) is 16.7.